The molecule has 0 atom stereocenters. The summed E-state index contributed by atoms with van der Waals surface area (Å²) in [5.41, 5.74) is 1.95. The van der Waals surface area contributed by atoms with Gasteiger partial charge in [0.1, 0.15) is 18.2 Å². The molecule has 0 aliphatic heterocycles. The average molecular weight is 329 g/mol. The van der Waals surface area contributed by atoms with Gasteiger partial charge in [0.15, 0.2) is 0 Å². The van der Waals surface area contributed by atoms with E-state index in [2.05, 4.69) is 10.3 Å². The molecule has 3 rings (SSSR count). The van der Waals surface area contributed by atoms with Gasteiger partial charge in [-0.05, 0) is 30.5 Å². The molecule has 2 aromatic carbocycles. The first kappa shape index (κ1) is 15.6. The van der Waals surface area contributed by atoms with Crippen molar-refractivity contribution in [1.29, 1.82) is 0 Å². The van der Waals surface area contributed by atoms with Gasteiger partial charge in [-0.2, -0.15) is 11.8 Å². The van der Waals surface area contributed by atoms with Crippen molar-refractivity contribution in [3.05, 3.63) is 60.2 Å². The highest BCUT2D eigenvalue weighted by Crippen LogP contribution is 2.19. The molecule has 0 fully saturated rings. The van der Waals surface area contributed by atoms with E-state index in [4.69, 9.17) is 0 Å². The molecular weight excluding hydrogens is 313 g/mol. The van der Waals surface area contributed by atoms with Crippen LogP contribution in [0.2, 0.25) is 0 Å². The Morgan fingerprint density at radius 1 is 1.22 bits per heavy atom. The van der Waals surface area contributed by atoms with E-state index in [9.17, 15) is 9.18 Å². The van der Waals surface area contributed by atoms with E-state index in [1.165, 1.54) is 6.07 Å². The fourth-order valence-corrected chi connectivity index (χ4v) is 2.92. The van der Waals surface area contributed by atoms with Crippen LogP contribution < -0.4 is 5.32 Å². The number of nitrogens with zero attached hydrogens (tertiary/aromatic N) is 2. The lowest BCUT2D eigenvalue weighted by Crippen LogP contribution is -2.20. The first-order chi connectivity index (χ1) is 11.2. The van der Waals surface area contributed by atoms with Crippen LogP contribution in [0.15, 0.2) is 48.5 Å². The van der Waals surface area contributed by atoms with Gasteiger partial charge >= 0.3 is 0 Å². The second-order valence-electron chi connectivity index (χ2n) is 5.06. The number of hydrogen-bond acceptors (Lipinski definition) is 3. The van der Waals surface area contributed by atoms with E-state index < -0.39 is 5.82 Å². The molecule has 0 saturated heterocycles. The molecule has 1 aromatic heterocycles. The number of anilines is 1. The Kier molecular flexibility index (Phi) is 4.62. The Morgan fingerprint density at radius 2 is 1.96 bits per heavy atom. The third-order valence-electron chi connectivity index (χ3n) is 3.46. The second-order valence-corrected chi connectivity index (χ2v) is 5.93. The zero-order valence-electron chi connectivity index (χ0n) is 12.6. The number of nitrogens with one attached hydrogen (secondary N) is 1. The molecule has 0 radical (unpaired) electrons. The highest BCUT2D eigenvalue weighted by Gasteiger charge is 2.14. The van der Waals surface area contributed by atoms with E-state index in [-0.39, 0.29) is 18.1 Å². The summed E-state index contributed by atoms with van der Waals surface area (Å²) in [5, 5.41) is 2.61. The first-order valence-electron chi connectivity index (χ1n) is 7.16. The molecule has 0 unspecified atom stereocenters. The summed E-state index contributed by atoms with van der Waals surface area (Å²) in [6, 6.07) is 13.8. The highest BCUT2D eigenvalue weighted by atomic mass is 32.2. The van der Waals surface area contributed by atoms with Gasteiger partial charge in [-0.3, -0.25) is 4.79 Å². The summed E-state index contributed by atoms with van der Waals surface area (Å²) in [7, 11) is 0. The molecule has 1 amide bonds. The van der Waals surface area contributed by atoms with Crippen LogP contribution in [0.4, 0.5) is 10.1 Å². The van der Waals surface area contributed by atoms with E-state index in [0.717, 1.165) is 16.9 Å². The van der Waals surface area contributed by atoms with Crippen LogP contribution in [0, 0.1) is 5.82 Å². The van der Waals surface area contributed by atoms with Crippen LogP contribution in [-0.2, 0) is 17.1 Å². The summed E-state index contributed by atoms with van der Waals surface area (Å²) in [6.07, 6.45) is 1.99. The zero-order chi connectivity index (χ0) is 16.2. The van der Waals surface area contributed by atoms with Crippen LogP contribution in [0.5, 0.6) is 0 Å². The van der Waals surface area contributed by atoms with Gasteiger partial charge in [0.25, 0.3) is 0 Å². The molecule has 3 aromatic rings. The SMILES string of the molecule is CSCc1nc2ccccc2n1CC(=O)Nc1ccccc1F. The largest absolute Gasteiger partial charge is 0.322 e. The summed E-state index contributed by atoms with van der Waals surface area (Å²) < 4.78 is 15.5. The lowest BCUT2D eigenvalue weighted by atomic mass is 10.3. The van der Waals surface area contributed by atoms with Crippen LogP contribution in [-0.4, -0.2) is 21.7 Å². The molecule has 0 aliphatic rings. The maximum absolute atomic E-state index is 13.6. The maximum Gasteiger partial charge on any atom is 0.244 e. The van der Waals surface area contributed by atoms with E-state index in [0.29, 0.717) is 5.75 Å². The van der Waals surface area contributed by atoms with Crippen molar-refractivity contribution < 1.29 is 9.18 Å². The Morgan fingerprint density at radius 3 is 2.74 bits per heavy atom. The summed E-state index contributed by atoms with van der Waals surface area (Å²) in [5.74, 6) is 0.824. The molecular formula is C17H16FN3OS. The standard InChI is InChI=1S/C17H16FN3OS/c1-23-11-16-19-14-8-4-5-9-15(14)21(16)10-17(22)20-13-7-3-2-6-12(13)18/h2-9H,10-11H2,1H3,(H,20,22). The number of fused-ring (bicyclic) bond motifs is 1. The quantitative estimate of drug-likeness (QED) is 0.777. The van der Waals surface area contributed by atoms with Gasteiger partial charge in [-0.1, -0.05) is 24.3 Å². The lowest BCUT2D eigenvalue weighted by Gasteiger charge is -2.10. The van der Waals surface area contributed by atoms with Gasteiger partial charge in [-0.15, -0.1) is 0 Å². The summed E-state index contributed by atoms with van der Waals surface area (Å²) in [4.78, 5) is 16.9. The third-order valence-corrected chi connectivity index (χ3v) is 4.00. The number of para-hydroxylation sites is 3. The second kappa shape index (κ2) is 6.83. The van der Waals surface area contributed by atoms with E-state index in [1.54, 1.807) is 30.0 Å². The Bertz CT molecular complexity index is 847. The monoisotopic (exact) mass is 329 g/mol. The number of carbonyl (C=O) groups is 1. The van der Waals surface area contributed by atoms with Crippen molar-refractivity contribution in [2.75, 3.05) is 11.6 Å². The van der Waals surface area contributed by atoms with Gasteiger partial charge in [0, 0.05) is 0 Å². The smallest absolute Gasteiger partial charge is 0.244 e. The minimum absolute atomic E-state index is 0.102. The number of hydrogen-bond donors (Lipinski definition) is 1. The fourth-order valence-electron chi connectivity index (χ4n) is 2.44. The Labute approximate surface area is 137 Å². The van der Waals surface area contributed by atoms with Gasteiger partial charge in [-0.25, -0.2) is 9.37 Å². The van der Waals surface area contributed by atoms with Crippen molar-refractivity contribution in [3.63, 3.8) is 0 Å². The van der Waals surface area contributed by atoms with E-state index in [1.807, 2.05) is 35.1 Å². The topological polar surface area (TPSA) is 46.9 Å². The zero-order valence-corrected chi connectivity index (χ0v) is 13.4. The third kappa shape index (κ3) is 3.37. The first-order valence-corrected chi connectivity index (χ1v) is 8.56. The molecule has 1 N–H and O–H groups in total. The molecule has 118 valence electrons. The molecule has 0 aliphatic carbocycles. The minimum Gasteiger partial charge on any atom is -0.322 e. The number of thioether (sulfide) groups is 1. The van der Waals surface area contributed by atoms with Crippen LogP contribution in [0.1, 0.15) is 5.82 Å². The number of benzene rings is 2. The molecule has 0 bridgehead atoms. The lowest BCUT2D eigenvalue weighted by molar-refractivity contribution is -0.116. The fraction of sp³-hybridized carbons (Fsp3) is 0.176. The number of carbonyl (C=O) groups excluding carboxylic acids is 1. The number of halogens is 1. The molecule has 4 nitrogen and oxygen atoms in total. The average Bonchev–Trinajstić information content (AvgIpc) is 2.88. The molecule has 1 heterocycles. The van der Waals surface area contributed by atoms with Crippen molar-refractivity contribution in [2.24, 2.45) is 0 Å². The highest BCUT2D eigenvalue weighted by molar-refractivity contribution is 7.97. The van der Waals surface area contributed by atoms with Crippen LogP contribution in [0.3, 0.4) is 0 Å². The number of imidazole rings is 1. The maximum atomic E-state index is 13.6. The Balaban J connectivity index is 1.87. The van der Waals surface area contributed by atoms with Crippen molar-refractivity contribution >= 4 is 34.4 Å². The van der Waals surface area contributed by atoms with Gasteiger partial charge in [0.2, 0.25) is 5.91 Å². The van der Waals surface area contributed by atoms with E-state index >= 15 is 0 Å². The minimum atomic E-state index is -0.444. The van der Waals surface area contributed by atoms with Gasteiger partial charge in [0.05, 0.1) is 22.5 Å². The van der Waals surface area contributed by atoms with Gasteiger partial charge < -0.3 is 9.88 Å². The normalized spacial score (nSPS) is 10.9. The molecule has 6 heteroatoms. The van der Waals surface area contributed by atoms with Crippen molar-refractivity contribution in [1.82, 2.24) is 9.55 Å². The van der Waals surface area contributed by atoms with Crippen LogP contribution in [0.25, 0.3) is 11.0 Å². The van der Waals surface area contributed by atoms with Crippen molar-refractivity contribution in [3.8, 4) is 0 Å². The number of amides is 1. The van der Waals surface area contributed by atoms with Crippen molar-refractivity contribution in [2.45, 2.75) is 12.3 Å². The summed E-state index contributed by atoms with van der Waals surface area (Å²) in [6.45, 7) is 0.102. The number of aromatic nitrogens is 2. The molecule has 0 saturated carbocycles. The number of rotatable bonds is 5. The molecule has 23 heavy (non-hydrogen) atoms. The van der Waals surface area contributed by atoms with Crippen LogP contribution >= 0.6 is 11.8 Å². The molecule has 0 spiro atoms. The predicted octanol–water partition coefficient (Wildman–Crippen LogP) is 3.68. The predicted molar refractivity (Wildman–Crippen MR) is 92.0 cm³/mol. The Hall–Kier alpha value is -2.34. The summed E-state index contributed by atoms with van der Waals surface area (Å²) >= 11 is 1.64.